The Labute approximate surface area is 91.9 Å². The molecule has 0 aliphatic heterocycles. The molecule has 0 aromatic heterocycles. The van der Waals surface area contributed by atoms with Crippen molar-refractivity contribution in [1.29, 1.82) is 5.26 Å². The molecule has 2 nitrogen and oxygen atoms in total. The van der Waals surface area contributed by atoms with Crippen molar-refractivity contribution in [2.75, 3.05) is 11.9 Å². The zero-order valence-corrected chi connectivity index (χ0v) is 9.62. The molecule has 0 spiro atoms. The second-order valence-corrected chi connectivity index (χ2v) is 4.19. The second kappa shape index (κ2) is 5.41. The fourth-order valence-electron chi connectivity index (χ4n) is 1.32. The van der Waals surface area contributed by atoms with Crippen LogP contribution in [0.25, 0.3) is 0 Å². The van der Waals surface area contributed by atoms with E-state index in [1.165, 1.54) is 5.56 Å². The Kier molecular flexibility index (Phi) is 4.17. The van der Waals surface area contributed by atoms with Crippen molar-refractivity contribution in [2.24, 2.45) is 5.92 Å². The summed E-state index contributed by atoms with van der Waals surface area (Å²) in [7, 11) is 0. The first-order valence-electron chi connectivity index (χ1n) is 5.37. The maximum atomic E-state index is 8.67. The lowest BCUT2D eigenvalue weighted by Crippen LogP contribution is -2.09. The van der Waals surface area contributed by atoms with Crippen molar-refractivity contribution >= 4 is 5.69 Å². The van der Waals surface area contributed by atoms with Gasteiger partial charge in [-0.25, -0.2) is 0 Å². The van der Waals surface area contributed by atoms with Crippen LogP contribution in [0.15, 0.2) is 24.3 Å². The van der Waals surface area contributed by atoms with E-state index in [1.807, 2.05) is 13.0 Å². The molecule has 0 aliphatic rings. The van der Waals surface area contributed by atoms with Gasteiger partial charge in [0.15, 0.2) is 0 Å². The summed E-state index contributed by atoms with van der Waals surface area (Å²) in [5.74, 6) is 0.591. The van der Waals surface area contributed by atoms with Gasteiger partial charge in [0.25, 0.3) is 0 Å². The largest absolute Gasteiger partial charge is 0.384 e. The van der Waals surface area contributed by atoms with E-state index in [9.17, 15) is 0 Å². The number of nitriles is 1. The molecular weight excluding hydrogens is 184 g/mol. The lowest BCUT2D eigenvalue weighted by molar-refractivity contribution is 0.785. The van der Waals surface area contributed by atoms with Gasteiger partial charge < -0.3 is 5.32 Å². The fourth-order valence-corrected chi connectivity index (χ4v) is 1.32. The topological polar surface area (TPSA) is 35.8 Å². The molecule has 0 amide bonds. The van der Waals surface area contributed by atoms with Gasteiger partial charge in [-0.3, -0.25) is 0 Å². The first-order valence-corrected chi connectivity index (χ1v) is 5.37. The summed E-state index contributed by atoms with van der Waals surface area (Å²) in [6, 6.07) is 10.6. The van der Waals surface area contributed by atoms with E-state index in [-0.39, 0.29) is 5.92 Å². The average Bonchev–Trinajstić information content (AvgIpc) is 2.26. The molecule has 1 aromatic rings. The SMILES string of the molecule is CC(C#N)CNc1cccc(C(C)C)c1. The average molecular weight is 202 g/mol. The molecule has 0 heterocycles. The Morgan fingerprint density at radius 2 is 2.07 bits per heavy atom. The normalized spacial score (nSPS) is 12.2. The van der Waals surface area contributed by atoms with Gasteiger partial charge >= 0.3 is 0 Å². The maximum absolute atomic E-state index is 8.67. The molecule has 1 rings (SSSR count). The van der Waals surface area contributed by atoms with Crippen molar-refractivity contribution in [2.45, 2.75) is 26.7 Å². The van der Waals surface area contributed by atoms with Crippen molar-refractivity contribution in [3.63, 3.8) is 0 Å². The molecule has 0 saturated heterocycles. The van der Waals surface area contributed by atoms with E-state index in [4.69, 9.17) is 5.26 Å². The van der Waals surface area contributed by atoms with Crippen LogP contribution in [-0.4, -0.2) is 6.54 Å². The van der Waals surface area contributed by atoms with Crippen LogP contribution in [0.2, 0.25) is 0 Å². The minimum Gasteiger partial charge on any atom is -0.384 e. The summed E-state index contributed by atoms with van der Waals surface area (Å²) in [5, 5.41) is 11.9. The van der Waals surface area contributed by atoms with Crippen LogP contribution >= 0.6 is 0 Å². The summed E-state index contributed by atoms with van der Waals surface area (Å²) >= 11 is 0. The lowest BCUT2D eigenvalue weighted by atomic mass is 10.0. The number of hydrogen-bond acceptors (Lipinski definition) is 2. The molecule has 1 aromatic carbocycles. The zero-order valence-electron chi connectivity index (χ0n) is 9.62. The van der Waals surface area contributed by atoms with Gasteiger partial charge in [0.1, 0.15) is 0 Å². The highest BCUT2D eigenvalue weighted by atomic mass is 14.9. The minimum absolute atomic E-state index is 0.0488. The van der Waals surface area contributed by atoms with Gasteiger partial charge in [-0.1, -0.05) is 26.0 Å². The monoisotopic (exact) mass is 202 g/mol. The third-order valence-corrected chi connectivity index (χ3v) is 2.39. The summed E-state index contributed by atoms with van der Waals surface area (Å²) in [6.45, 7) is 6.98. The molecule has 0 fully saturated rings. The number of nitrogens with zero attached hydrogens (tertiary/aromatic N) is 1. The number of anilines is 1. The third kappa shape index (κ3) is 3.63. The quantitative estimate of drug-likeness (QED) is 0.812. The summed E-state index contributed by atoms with van der Waals surface area (Å²) in [5.41, 5.74) is 2.42. The van der Waals surface area contributed by atoms with E-state index in [2.05, 4.69) is 43.4 Å². The Bertz CT molecular complexity index is 350. The van der Waals surface area contributed by atoms with Crippen LogP contribution < -0.4 is 5.32 Å². The highest BCUT2D eigenvalue weighted by molar-refractivity contribution is 5.46. The number of nitrogens with one attached hydrogen (secondary N) is 1. The third-order valence-electron chi connectivity index (χ3n) is 2.39. The maximum Gasteiger partial charge on any atom is 0.0671 e. The van der Waals surface area contributed by atoms with Gasteiger partial charge in [-0.15, -0.1) is 0 Å². The molecule has 0 saturated carbocycles. The summed E-state index contributed by atoms with van der Waals surface area (Å²) in [4.78, 5) is 0. The summed E-state index contributed by atoms with van der Waals surface area (Å²) < 4.78 is 0. The predicted octanol–water partition coefficient (Wildman–Crippen LogP) is 3.38. The molecule has 0 radical (unpaired) electrons. The first-order chi connectivity index (χ1) is 7.13. The number of rotatable bonds is 4. The van der Waals surface area contributed by atoms with Gasteiger partial charge in [0.05, 0.1) is 12.0 Å². The molecule has 2 heteroatoms. The summed E-state index contributed by atoms with van der Waals surface area (Å²) in [6.07, 6.45) is 0. The van der Waals surface area contributed by atoms with Crippen molar-refractivity contribution in [1.82, 2.24) is 0 Å². The number of hydrogen-bond donors (Lipinski definition) is 1. The van der Waals surface area contributed by atoms with Crippen LogP contribution in [0, 0.1) is 17.2 Å². The smallest absolute Gasteiger partial charge is 0.0671 e. The van der Waals surface area contributed by atoms with Crippen molar-refractivity contribution < 1.29 is 0 Å². The number of benzene rings is 1. The van der Waals surface area contributed by atoms with E-state index in [1.54, 1.807) is 0 Å². The Morgan fingerprint density at radius 3 is 2.67 bits per heavy atom. The Hall–Kier alpha value is -1.49. The second-order valence-electron chi connectivity index (χ2n) is 4.19. The molecule has 1 atom stereocenters. The predicted molar refractivity (Wildman–Crippen MR) is 63.8 cm³/mol. The van der Waals surface area contributed by atoms with Gasteiger partial charge in [0, 0.05) is 12.2 Å². The standard InChI is InChI=1S/C13H18N2/c1-10(2)12-5-4-6-13(7-12)15-9-11(3)8-14/h4-7,10-11,15H,9H2,1-3H3. The van der Waals surface area contributed by atoms with Crippen LogP contribution in [0.5, 0.6) is 0 Å². The first kappa shape index (κ1) is 11.6. The van der Waals surface area contributed by atoms with Crippen LogP contribution in [-0.2, 0) is 0 Å². The molecule has 0 bridgehead atoms. The van der Waals surface area contributed by atoms with Crippen LogP contribution in [0.3, 0.4) is 0 Å². The van der Waals surface area contributed by atoms with Gasteiger partial charge in [-0.05, 0) is 30.5 Å². The van der Waals surface area contributed by atoms with Crippen LogP contribution in [0.1, 0.15) is 32.3 Å². The highest BCUT2D eigenvalue weighted by Gasteiger charge is 2.01. The van der Waals surface area contributed by atoms with Gasteiger partial charge in [0.2, 0.25) is 0 Å². The molecule has 1 unspecified atom stereocenters. The Balaban J connectivity index is 2.62. The van der Waals surface area contributed by atoms with E-state index in [0.29, 0.717) is 12.5 Å². The fraction of sp³-hybridized carbons (Fsp3) is 0.462. The van der Waals surface area contributed by atoms with Gasteiger partial charge in [-0.2, -0.15) is 5.26 Å². The van der Waals surface area contributed by atoms with Crippen LogP contribution in [0.4, 0.5) is 5.69 Å². The molecule has 15 heavy (non-hydrogen) atoms. The van der Waals surface area contributed by atoms with E-state index < -0.39 is 0 Å². The van der Waals surface area contributed by atoms with E-state index in [0.717, 1.165) is 5.69 Å². The highest BCUT2D eigenvalue weighted by Crippen LogP contribution is 2.18. The van der Waals surface area contributed by atoms with Crippen molar-refractivity contribution in [3.8, 4) is 6.07 Å². The Morgan fingerprint density at radius 1 is 1.33 bits per heavy atom. The molecule has 1 N–H and O–H groups in total. The zero-order chi connectivity index (χ0) is 11.3. The molecule has 0 aliphatic carbocycles. The van der Waals surface area contributed by atoms with Crippen molar-refractivity contribution in [3.05, 3.63) is 29.8 Å². The van der Waals surface area contributed by atoms with E-state index >= 15 is 0 Å². The minimum atomic E-state index is 0.0488. The molecule has 80 valence electrons. The lowest BCUT2D eigenvalue weighted by Gasteiger charge is -2.10. The molecular formula is C13H18N2.